The highest BCUT2D eigenvalue weighted by Gasteiger charge is 2.19. The number of carbonyl (C=O) groups excluding carboxylic acids is 1. The van der Waals surface area contributed by atoms with Gasteiger partial charge >= 0.3 is 6.09 Å². The van der Waals surface area contributed by atoms with Crippen molar-refractivity contribution < 1.29 is 9.53 Å². The second kappa shape index (κ2) is 6.27. The molecule has 1 aliphatic heterocycles. The Labute approximate surface area is 120 Å². The lowest BCUT2D eigenvalue weighted by atomic mass is 9.94. The minimum Gasteiger partial charge on any atom is -0.444 e. The van der Waals surface area contributed by atoms with Crippen LogP contribution in [0, 0.1) is 0 Å². The molecule has 1 atom stereocenters. The SMILES string of the molecule is CC(C)(C)OC(=O)NCCC1Cc2ccccc2CN1. The Morgan fingerprint density at radius 3 is 2.75 bits per heavy atom. The average Bonchev–Trinajstić information content (AvgIpc) is 2.36. The number of benzene rings is 1. The zero-order chi connectivity index (χ0) is 14.6. The van der Waals surface area contributed by atoms with Crippen molar-refractivity contribution in [1.29, 1.82) is 0 Å². The molecule has 2 rings (SSSR count). The smallest absolute Gasteiger partial charge is 0.407 e. The van der Waals surface area contributed by atoms with E-state index in [1.807, 2.05) is 20.8 Å². The van der Waals surface area contributed by atoms with Gasteiger partial charge in [0.05, 0.1) is 0 Å². The number of rotatable bonds is 3. The van der Waals surface area contributed by atoms with Crippen molar-refractivity contribution in [1.82, 2.24) is 10.6 Å². The van der Waals surface area contributed by atoms with Gasteiger partial charge in [0.25, 0.3) is 0 Å². The lowest BCUT2D eigenvalue weighted by molar-refractivity contribution is 0.0526. The molecule has 0 radical (unpaired) electrons. The Bertz CT molecular complexity index is 466. The van der Waals surface area contributed by atoms with Crippen LogP contribution in [0.25, 0.3) is 0 Å². The molecule has 2 N–H and O–H groups in total. The Morgan fingerprint density at radius 1 is 1.35 bits per heavy atom. The van der Waals surface area contributed by atoms with Crippen LogP contribution in [0.2, 0.25) is 0 Å². The summed E-state index contributed by atoms with van der Waals surface area (Å²) in [5.74, 6) is 0. The molecule has 1 heterocycles. The van der Waals surface area contributed by atoms with Crippen molar-refractivity contribution in [2.24, 2.45) is 0 Å². The van der Waals surface area contributed by atoms with Crippen LogP contribution >= 0.6 is 0 Å². The summed E-state index contributed by atoms with van der Waals surface area (Å²) >= 11 is 0. The molecule has 1 unspecified atom stereocenters. The third-order valence-corrected chi connectivity index (χ3v) is 3.33. The molecule has 0 aromatic heterocycles. The fourth-order valence-corrected chi connectivity index (χ4v) is 2.39. The van der Waals surface area contributed by atoms with Gasteiger partial charge in [0.15, 0.2) is 0 Å². The summed E-state index contributed by atoms with van der Waals surface area (Å²) in [6, 6.07) is 8.92. The molecule has 20 heavy (non-hydrogen) atoms. The highest BCUT2D eigenvalue weighted by atomic mass is 16.6. The number of fused-ring (bicyclic) bond motifs is 1. The summed E-state index contributed by atoms with van der Waals surface area (Å²) < 4.78 is 5.21. The van der Waals surface area contributed by atoms with Crippen molar-refractivity contribution in [3.8, 4) is 0 Å². The summed E-state index contributed by atoms with van der Waals surface area (Å²) in [5.41, 5.74) is 2.35. The summed E-state index contributed by atoms with van der Waals surface area (Å²) in [6.45, 7) is 7.15. The maximum atomic E-state index is 11.5. The Kier molecular flexibility index (Phi) is 4.65. The highest BCUT2D eigenvalue weighted by molar-refractivity contribution is 5.67. The molecule has 1 aromatic carbocycles. The van der Waals surface area contributed by atoms with Gasteiger partial charge in [-0.1, -0.05) is 24.3 Å². The third-order valence-electron chi connectivity index (χ3n) is 3.33. The van der Waals surface area contributed by atoms with Gasteiger partial charge in [0.2, 0.25) is 0 Å². The largest absolute Gasteiger partial charge is 0.444 e. The van der Waals surface area contributed by atoms with E-state index in [4.69, 9.17) is 4.74 Å². The normalized spacial score (nSPS) is 18.2. The number of nitrogens with one attached hydrogen (secondary N) is 2. The van der Waals surface area contributed by atoms with Crippen molar-refractivity contribution in [3.63, 3.8) is 0 Å². The van der Waals surface area contributed by atoms with Crippen molar-refractivity contribution in [2.45, 2.75) is 51.8 Å². The molecule has 110 valence electrons. The summed E-state index contributed by atoms with van der Waals surface area (Å²) in [7, 11) is 0. The van der Waals surface area contributed by atoms with Crippen LogP contribution < -0.4 is 10.6 Å². The topological polar surface area (TPSA) is 50.4 Å². The number of amides is 1. The predicted octanol–water partition coefficient (Wildman–Crippen LogP) is 2.62. The van der Waals surface area contributed by atoms with Crippen LogP contribution in [0.15, 0.2) is 24.3 Å². The maximum Gasteiger partial charge on any atom is 0.407 e. The fraction of sp³-hybridized carbons (Fsp3) is 0.562. The lowest BCUT2D eigenvalue weighted by Gasteiger charge is -2.26. The second-order valence-corrected chi connectivity index (χ2v) is 6.27. The first-order chi connectivity index (χ1) is 9.44. The molecule has 0 aliphatic carbocycles. The molecule has 1 aliphatic rings. The highest BCUT2D eigenvalue weighted by Crippen LogP contribution is 2.17. The predicted molar refractivity (Wildman–Crippen MR) is 79.6 cm³/mol. The number of hydrogen-bond acceptors (Lipinski definition) is 3. The van der Waals surface area contributed by atoms with Crippen LogP contribution in [-0.2, 0) is 17.7 Å². The minimum atomic E-state index is -0.438. The van der Waals surface area contributed by atoms with Gasteiger partial charge in [0.1, 0.15) is 5.60 Å². The first-order valence-corrected chi connectivity index (χ1v) is 7.21. The van der Waals surface area contributed by atoms with Crippen LogP contribution in [0.5, 0.6) is 0 Å². The molecule has 1 amide bonds. The Hall–Kier alpha value is -1.55. The quantitative estimate of drug-likeness (QED) is 0.892. The molecule has 1 aromatic rings. The van der Waals surface area contributed by atoms with Gasteiger partial charge in [-0.3, -0.25) is 0 Å². The second-order valence-electron chi connectivity index (χ2n) is 6.27. The molecule has 0 saturated carbocycles. The van der Waals surface area contributed by atoms with E-state index in [9.17, 15) is 4.79 Å². The summed E-state index contributed by atoms with van der Waals surface area (Å²) in [5, 5.41) is 6.31. The molecule has 4 heteroatoms. The maximum absolute atomic E-state index is 11.5. The first kappa shape index (κ1) is 14.9. The summed E-state index contributed by atoms with van der Waals surface area (Å²) in [6.07, 6.45) is 1.59. The lowest BCUT2D eigenvalue weighted by Crippen LogP contribution is -2.39. The van der Waals surface area contributed by atoms with E-state index >= 15 is 0 Å². The zero-order valence-corrected chi connectivity index (χ0v) is 12.5. The molecule has 0 fully saturated rings. The van der Waals surface area contributed by atoms with Gasteiger partial charge < -0.3 is 15.4 Å². The van der Waals surface area contributed by atoms with E-state index in [0.29, 0.717) is 12.6 Å². The van der Waals surface area contributed by atoms with Gasteiger partial charge in [-0.25, -0.2) is 4.79 Å². The Balaban J connectivity index is 1.73. The van der Waals surface area contributed by atoms with Crippen LogP contribution in [0.3, 0.4) is 0 Å². The monoisotopic (exact) mass is 276 g/mol. The first-order valence-electron chi connectivity index (χ1n) is 7.21. The van der Waals surface area contributed by atoms with Crippen LogP contribution in [0.4, 0.5) is 4.79 Å². The fourth-order valence-electron chi connectivity index (χ4n) is 2.39. The Morgan fingerprint density at radius 2 is 2.05 bits per heavy atom. The third kappa shape index (κ3) is 4.53. The van der Waals surface area contributed by atoms with Crippen molar-refractivity contribution in [3.05, 3.63) is 35.4 Å². The molecule has 4 nitrogen and oxygen atoms in total. The average molecular weight is 276 g/mol. The van der Waals surface area contributed by atoms with E-state index in [-0.39, 0.29) is 6.09 Å². The van der Waals surface area contributed by atoms with E-state index in [1.54, 1.807) is 0 Å². The number of alkyl carbamates (subject to hydrolysis) is 1. The van der Waals surface area contributed by atoms with Crippen LogP contribution in [-0.4, -0.2) is 24.3 Å². The molecular weight excluding hydrogens is 252 g/mol. The van der Waals surface area contributed by atoms with Gasteiger partial charge in [-0.15, -0.1) is 0 Å². The van der Waals surface area contributed by atoms with Gasteiger partial charge in [-0.05, 0) is 44.7 Å². The van der Waals surface area contributed by atoms with Gasteiger partial charge in [-0.2, -0.15) is 0 Å². The minimum absolute atomic E-state index is 0.339. The molecule has 0 bridgehead atoms. The number of carbonyl (C=O) groups is 1. The van der Waals surface area contributed by atoms with E-state index in [0.717, 1.165) is 19.4 Å². The van der Waals surface area contributed by atoms with Crippen molar-refractivity contribution in [2.75, 3.05) is 6.54 Å². The van der Waals surface area contributed by atoms with Crippen molar-refractivity contribution >= 4 is 6.09 Å². The van der Waals surface area contributed by atoms with Crippen LogP contribution in [0.1, 0.15) is 38.3 Å². The zero-order valence-electron chi connectivity index (χ0n) is 12.5. The molecule has 0 saturated heterocycles. The van der Waals surface area contributed by atoms with E-state index < -0.39 is 5.60 Å². The van der Waals surface area contributed by atoms with E-state index in [1.165, 1.54) is 11.1 Å². The van der Waals surface area contributed by atoms with E-state index in [2.05, 4.69) is 34.9 Å². The molecule has 0 spiro atoms. The number of hydrogen-bond donors (Lipinski definition) is 2. The molecular formula is C16H24N2O2. The standard InChI is InChI=1S/C16H24N2O2/c1-16(2,3)20-15(19)17-9-8-14-10-12-6-4-5-7-13(12)11-18-14/h4-7,14,18H,8-11H2,1-3H3,(H,17,19). The van der Waals surface area contributed by atoms with Gasteiger partial charge in [0, 0.05) is 19.1 Å². The summed E-state index contributed by atoms with van der Waals surface area (Å²) in [4.78, 5) is 11.5. The number of ether oxygens (including phenoxy) is 1.